The average molecular weight is 253 g/mol. The molecule has 0 radical (unpaired) electrons. The highest BCUT2D eigenvalue weighted by atomic mass is 16.6. The Balaban J connectivity index is 1.92. The smallest absolute Gasteiger partial charge is 0.358 e. The van der Waals surface area contributed by atoms with E-state index in [9.17, 15) is 4.79 Å². The summed E-state index contributed by atoms with van der Waals surface area (Å²) in [5, 5.41) is 4.01. The largest absolute Gasteiger partial charge is 0.458 e. The first kappa shape index (κ1) is 12.9. The number of rotatable bonds is 4. The Hall–Kier alpha value is -1.56. The second-order valence-corrected chi connectivity index (χ2v) is 4.35. The molecule has 0 saturated carbocycles. The molecule has 0 aromatic carbocycles. The second-order valence-electron chi connectivity index (χ2n) is 4.35. The lowest BCUT2D eigenvalue weighted by Crippen LogP contribution is -2.26. The Labute approximate surface area is 106 Å². The van der Waals surface area contributed by atoms with E-state index in [2.05, 4.69) is 5.10 Å². The number of hydrogen-bond donors (Lipinski definition) is 1. The van der Waals surface area contributed by atoms with Gasteiger partial charge < -0.3 is 15.2 Å². The van der Waals surface area contributed by atoms with Crippen molar-refractivity contribution in [1.82, 2.24) is 9.78 Å². The van der Waals surface area contributed by atoms with Gasteiger partial charge in [-0.3, -0.25) is 4.68 Å². The van der Waals surface area contributed by atoms with Crippen molar-refractivity contribution in [1.29, 1.82) is 0 Å². The maximum Gasteiger partial charge on any atom is 0.358 e. The van der Waals surface area contributed by atoms with Crippen LogP contribution in [0.15, 0.2) is 6.20 Å². The van der Waals surface area contributed by atoms with Crippen LogP contribution in [-0.2, 0) is 16.0 Å². The predicted molar refractivity (Wildman–Crippen MR) is 66.2 cm³/mol. The van der Waals surface area contributed by atoms with Crippen molar-refractivity contribution in [2.45, 2.75) is 38.8 Å². The molecule has 2 rings (SSSR count). The van der Waals surface area contributed by atoms with Crippen LogP contribution in [0.5, 0.6) is 0 Å². The molecule has 2 N–H and O–H groups in total. The molecule has 1 aliphatic rings. The first-order valence-corrected chi connectivity index (χ1v) is 6.32. The van der Waals surface area contributed by atoms with Gasteiger partial charge in [-0.05, 0) is 26.2 Å². The summed E-state index contributed by atoms with van der Waals surface area (Å²) < 4.78 is 12.3. The van der Waals surface area contributed by atoms with Gasteiger partial charge in [-0.1, -0.05) is 0 Å². The topological polar surface area (TPSA) is 79.4 Å². The molecular formula is C12H19N3O3. The summed E-state index contributed by atoms with van der Waals surface area (Å²) in [6.07, 6.45) is 4.63. The van der Waals surface area contributed by atoms with E-state index in [1.807, 2.05) is 6.92 Å². The number of hydrogen-bond acceptors (Lipinski definition) is 5. The molecule has 6 nitrogen and oxygen atoms in total. The van der Waals surface area contributed by atoms with Crippen molar-refractivity contribution >= 4 is 11.7 Å². The van der Waals surface area contributed by atoms with Crippen molar-refractivity contribution in [2.24, 2.45) is 0 Å². The third-order valence-corrected chi connectivity index (χ3v) is 3.03. The fourth-order valence-electron chi connectivity index (χ4n) is 2.04. The zero-order valence-corrected chi connectivity index (χ0v) is 10.6. The van der Waals surface area contributed by atoms with E-state index in [1.165, 1.54) is 6.20 Å². The van der Waals surface area contributed by atoms with Crippen LogP contribution in [0.4, 0.5) is 5.69 Å². The molecule has 0 spiro atoms. The lowest BCUT2D eigenvalue weighted by Gasteiger charge is -2.22. The number of esters is 1. The molecule has 1 aliphatic heterocycles. The highest BCUT2D eigenvalue weighted by Crippen LogP contribution is 2.15. The van der Waals surface area contributed by atoms with Crippen molar-refractivity contribution in [3.05, 3.63) is 11.9 Å². The van der Waals surface area contributed by atoms with Gasteiger partial charge in [-0.2, -0.15) is 5.10 Å². The number of nitrogens with two attached hydrogens (primary N) is 1. The van der Waals surface area contributed by atoms with Crippen molar-refractivity contribution in [3.8, 4) is 0 Å². The standard InChI is InChI=1S/C12H19N3O3/c1-2-15-11(10(13)7-14-15)12(16)18-8-9-5-3-4-6-17-9/h7,9H,2-6,8,13H2,1H3. The Morgan fingerprint density at radius 3 is 3.17 bits per heavy atom. The summed E-state index contributed by atoms with van der Waals surface area (Å²) >= 11 is 0. The summed E-state index contributed by atoms with van der Waals surface area (Å²) in [7, 11) is 0. The van der Waals surface area contributed by atoms with Crippen LogP contribution >= 0.6 is 0 Å². The van der Waals surface area contributed by atoms with Crippen LogP contribution in [0.25, 0.3) is 0 Å². The van der Waals surface area contributed by atoms with Gasteiger partial charge in [-0.15, -0.1) is 0 Å². The molecule has 6 heteroatoms. The van der Waals surface area contributed by atoms with E-state index in [1.54, 1.807) is 4.68 Å². The highest BCUT2D eigenvalue weighted by Gasteiger charge is 2.21. The predicted octanol–water partition coefficient (Wildman–Crippen LogP) is 1.21. The lowest BCUT2D eigenvalue weighted by molar-refractivity contribution is -0.0304. The third kappa shape index (κ3) is 2.81. The quantitative estimate of drug-likeness (QED) is 0.816. The van der Waals surface area contributed by atoms with Gasteiger partial charge >= 0.3 is 5.97 Å². The molecule has 1 aromatic heterocycles. The maximum atomic E-state index is 11.9. The normalized spacial score (nSPS) is 19.7. The first-order valence-electron chi connectivity index (χ1n) is 6.32. The number of nitrogens with zero attached hydrogens (tertiary/aromatic N) is 2. The van der Waals surface area contributed by atoms with Gasteiger partial charge in [0, 0.05) is 13.2 Å². The molecule has 2 heterocycles. The fourth-order valence-corrected chi connectivity index (χ4v) is 2.04. The van der Waals surface area contributed by atoms with E-state index < -0.39 is 5.97 Å². The summed E-state index contributed by atoms with van der Waals surface area (Å²) in [5.74, 6) is -0.430. The van der Waals surface area contributed by atoms with Gasteiger partial charge in [-0.25, -0.2) is 4.79 Å². The van der Waals surface area contributed by atoms with Crippen LogP contribution in [0.2, 0.25) is 0 Å². The Kier molecular flexibility index (Phi) is 4.19. The molecule has 1 saturated heterocycles. The molecule has 1 atom stereocenters. The van der Waals surface area contributed by atoms with E-state index in [4.69, 9.17) is 15.2 Å². The summed E-state index contributed by atoms with van der Waals surface area (Å²) in [6, 6.07) is 0. The zero-order chi connectivity index (χ0) is 13.0. The van der Waals surface area contributed by atoms with Gasteiger partial charge in [0.2, 0.25) is 0 Å². The molecule has 18 heavy (non-hydrogen) atoms. The minimum atomic E-state index is -0.430. The maximum absolute atomic E-state index is 11.9. The van der Waals surface area contributed by atoms with Gasteiger partial charge in [0.05, 0.1) is 18.0 Å². The molecule has 1 unspecified atom stereocenters. The first-order chi connectivity index (χ1) is 8.72. The van der Waals surface area contributed by atoms with Crippen LogP contribution < -0.4 is 5.73 Å². The molecular weight excluding hydrogens is 234 g/mol. The molecule has 0 bridgehead atoms. The molecule has 0 amide bonds. The van der Waals surface area contributed by atoms with Crippen LogP contribution in [-0.4, -0.2) is 35.1 Å². The number of anilines is 1. The minimum absolute atomic E-state index is 0.0157. The van der Waals surface area contributed by atoms with E-state index in [0.29, 0.717) is 17.9 Å². The van der Waals surface area contributed by atoms with Crippen LogP contribution in [0, 0.1) is 0 Å². The molecule has 1 fully saturated rings. The SMILES string of the molecule is CCn1ncc(N)c1C(=O)OCC1CCCCO1. The summed E-state index contributed by atoms with van der Waals surface area (Å²) in [5.41, 5.74) is 6.39. The number of aromatic nitrogens is 2. The number of carbonyl (C=O) groups is 1. The van der Waals surface area contributed by atoms with Crippen molar-refractivity contribution in [3.63, 3.8) is 0 Å². The van der Waals surface area contributed by atoms with Crippen molar-refractivity contribution in [2.75, 3.05) is 18.9 Å². The Morgan fingerprint density at radius 2 is 2.50 bits per heavy atom. The molecule has 1 aromatic rings. The zero-order valence-electron chi connectivity index (χ0n) is 10.6. The third-order valence-electron chi connectivity index (χ3n) is 3.03. The number of carbonyl (C=O) groups excluding carboxylic acids is 1. The van der Waals surface area contributed by atoms with E-state index in [-0.39, 0.29) is 12.7 Å². The van der Waals surface area contributed by atoms with Crippen LogP contribution in [0.1, 0.15) is 36.7 Å². The van der Waals surface area contributed by atoms with Crippen LogP contribution in [0.3, 0.4) is 0 Å². The average Bonchev–Trinajstić information content (AvgIpc) is 2.78. The second kappa shape index (κ2) is 5.86. The summed E-state index contributed by atoms with van der Waals surface area (Å²) in [4.78, 5) is 11.9. The monoisotopic (exact) mass is 253 g/mol. The summed E-state index contributed by atoms with van der Waals surface area (Å²) in [6.45, 7) is 3.51. The van der Waals surface area contributed by atoms with E-state index in [0.717, 1.165) is 25.9 Å². The van der Waals surface area contributed by atoms with Gasteiger partial charge in [0.25, 0.3) is 0 Å². The van der Waals surface area contributed by atoms with Crippen molar-refractivity contribution < 1.29 is 14.3 Å². The fraction of sp³-hybridized carbons (Fsp3) is 0.667. The van der Waals surface area contributed by atoms with Gasteiger partial charge in [0.1, 0.15) is 6.61 Å². The number of aryl methyl sites for hydroxylation is 1. The van der Waals surface area contributed by atoms with Gasteiger partial charge in [0.15, 0.2) is 5.69 Å². The lowest BCUT2D eigenvalue weighted by atomic mass is 10.1. The molecule has 0 aliphatic carbocycles. The number of nitrogen functional groups attached to an aromatic ring is 1. The highest BCUT2D eigenvalue weighted by molar-refractivity contribution is 5.93. The minimum Gasteiger partial charge on any atom is -0.458 e. The Morgan fingerprint density at radius 1 is 1.67 bits per heavy atom. The number of ether oxygens (including phenoxy) is 2. The molecule has 100 valence electrons. The van der Waals surface area contributed by atoms with E-state index >= 15 is 0 Å². The Bertz CT molecular complexity index is 411.